The third-order valence-corrected chi connectivity index (χ3v) is 2.17. The molecule has 0 aliphatic carbocycles. The van der Waals surface area contributed by atoms with Crippen molar-refractivity contribution in [2.24, 2.45) is 0 Å². The molecule has 0 unspecified atom stereocenters. The molecule has 1 heterocycles. The van der Waals surface area contributed by atoms with Crippen molar-refractivity contribution in [1.82, 2.24) is 4.98 Å². The van der Waals surface area contributed by atoms with Crippen molar-refractivity contribution in [2.75, 3.05) is 0 Å². The predicted molar refractivity (Wildman–Crippen MR) is 60.5 cm³/mol. The lowest BCUT2D eigenvalue weighted by molar-refractivity contribution is -0.186. The molecule has 0 bridgehead atoms. The summed E-state index contributed by atoms with van der Waals surface area (Å²) in [4.78, 5) is 25.5. The Labute approximate surface area is 108 Å². The normalized spacial score (nSPS) is 10.2. The standard InChI is InChI=1S/C10H9Cl2NO4/c1-5(14)16-10(17-6(2)15)7-3-9(12)13-4-8(7)11/h3-4,10H,1-2H3. The predicted octanol–water partition coefficient (Wildman–Crippen LogP) is 2.51. The summed E-state index contributed by atoms with van der Waals surface area (Å²) in [5, 5.41) is 0.329. The van der Waals surface area contributed by atoms with E-state index in [2.05, 4.69) is 4.98 Å². The van der Waals surface area contributed by atoms with Crippen molar-refractivity contribution in [1.29, 1.82) is 0 Å². The van der Waals surface area contributed by atoms with Gasteiger partial charge in [-0.2, -0.15) is 0 Å². The zero-order chi connectivity index (χ0) is 13.0. The third-order valence-electron chi connectivity index (χ3n) is 1.65. The second-order valence-electron chi connectivity index (χ2n) is 3.08. The van der Waals surface area contributed by atoms with Crippen LogP contribution in [0.3, 0.4) is 0 Å². The molecule has 0 aliphatic heterocycles. The molecule has 0 aliphatic rings. The van der Waals surface area contributed by atoms with Gasteiger partial charge in [-0.25, -0.2) is 4.98 Å². The lowest BCUT2D eigenvalue weighted by Gasteiger charge is -2.17. The number of rotatable bonds is 3. The van der Waals surface area contributed by atoms with Gasteiger partial charge in [0.15, 0.2) is 0 Å². The molecule has 0 fully saturated rings. The summed E-state index contributed by atoms with van der Waals surface area (Å²) in [6.45, 7) is 2.38. The molecular weight excluding hydrogens is 269 g/mol. The first-order valence-electron chi connectivity index (χ1n) is 4.55. The van der Waals surface area contributed by atoms with Crippen molar-refractivity contribution in [3.63, 3.8) is 0 Å². The van der Waals surface area contributed by atoms with E-state index in [1.165, 1.54) is 26.1 Å². The molecule has 0 atom stereocenters. The lowest BCUT2D eigenvalue weighted by Crippen LogP contribution is -2.15. The molecule has 92 valence electrons. The highest BCUT2D eigenvalue weighted by Gasteiger charge is 2.21. The SMILES string of the molecule is CC(=O)OC(OC(C)=O)c1cc(Cl)ncc1Cl. The number of esters is 2. The number of nitrogens with zero attached hydrogens (tertiary/aromatic N) is 1. The van der Waals surface area contributed by atoms with Gasteiger partial charge in [-0.15, -0.1) is 0 Å². The average Bonchev–Trinajstić information content (AvgIpc) is 2.19. The Morgan fingerprint density at radius 1 is 1.24 bits per heavy atom. The molecule has 1 aromatic heterocycles. The van der Waals surface area contributed by atoms with Crippen molar-refractivity contribution >= 4 is 35.1 Å². The molecule has 17 heavy (non-hydrogen) atoms. The Morgan fingerprint density at radius 3 is 2.24 bits per heavy atom. The van der Waals surface area contributed by atoms with E-state index in [4.69, 9.17) is 32.7 Å². The smallest absolute Gasteiger partial charge is 0.305 e. The Balaban J connectivity index is 3.06. The van der Waals surface area contributed by atoms with Crippen molar-refractivity contribution in [2.45, 2.75) is 20.1 Å². The second-order valence-corrected chi connectivity index (χ2v) is 3.87. The van der Waals surface area contributed by atoms with Crippen LogP contribution in [0.15, 0.2) is 12.3 Å². The van der Waals surface area contributed by atoms with Crippen LogP contribution in [0.4, 0.5) is 0 Å². The number of halogens is 2. The molecule has 0 amide bonds. The summed E-state index contributed by atoms with van der Waals surface area (Å²) < 4.78 is 9.66. The number of hydrogen-bond donors (Lipinski definition) is 0. The Hall–Kier alpha value is -1.33. The number of hydrogen-bond acceptors (Lipinski definition) is 5. The summed E-state index contributed by atoms with van der Waals surface area (Å²) in [5.41, 5.74) is 0.261. The summed E-state index contributed by atoms with van der Waals surface area (Å²) >= 11 is 11.5. The van der Waals surface area contributed by atoms with Crippen LogP contribution in [0, 0.1) is 0 Å². The van der Waals surface area contributed by atoms with Crippen molar-refractivity contribution in [3.05, 3.63) is 28.0 Å². The highest BCUT2D eigenvalue weighted by Crippen LogP contribution is 2.28. The van der Waals surface area contributed by atoms with Gasteiger partial charge in [-0.3, -0.25) is 9.59 Å². The summed E-state index contributed by atoms with van der Waals surface area (Å²) in [7, 11) is 0. The first-order valence-corrected chi connectivity index (χ1v) is 5.31. The van der Waals surface area contributed by atoms with Gasteiger partial charge < -0.3 is 9.47 Å². The number of carbonyl (C=O) groups excluding carboxylic acids is 2. The summed E-state index contributed by atoms with van der Waals surface area (Å²) in [5.74, 6) is -1.22. The largest absolute Gasteiger partial charge is 0.421 e. The van der Waals surface area contributed by atoms with E-state index in [1.54, 1.807) is 0 Å². The van der Waals surface area contributed by atoms with E-state index in [-0.39, 0.29) is 15.7 Å². The average molecular weight is 278 g/mol. The molecule has 0 N–H and O–H groups in total. The molecule has 0 saturated heterocycles. The molecule has 1 rings (SSSR count). The fraction of sp³-hybridized carbons (Fsp3) is 0.300. The molecule has 0 radical (unpaired) electrons. The van der Waals surface area contributed by atoms with Gasteiger partial charge in [-0.1, -0.05) is 23.2 Å². The molecule has 0 saturated carbocycles. The van der Waals surface area contributed by atoms with Crippen LogP contribution >= 0.6 is 23.2 Å². The summed E-state index contributed by atoms with van der Waals surface area (Å²) in [6.07, 6.45) is 0.0529. The zero-order valence-electron chi connectivity index (χ0n) is 9.07. The molecule has 0 aromatic carbocycles. The van der Waals surface area contributed by atoms with Crippen LogP contribution in [0.2, 0.25) is 10.2 Å². The maximum Gasteiger partial charge on any atom is 0.305 e. The van der Waals surface area contributed by atoms with Gasteiger partial charge >= 0.3 is 11.9 Å². The van der Waals surface area contributed by atoms with E-state index in [1.807, 2.05) is 0 Å². The van der Waals surface area contributed by atoms with Crippen LogP contribution in [0.25, 0.3) is 0 Å². The maximum atomic E-state index is 10.9. The number of carbonyl (C=O) groups is 2. The Morgan fingerprint density at radius 2 is 1.76 bits per heavy atom. The van der Waals surface area contributed by atoms with E-state index in [0.717, 1.165) is 0 Å². The van der Waals surface area contributed by atoms with Crippen LogP contribution in [0.1, 0.15) is 25.7 Å². The molecule has 0 spiro atoms. The molecule has 7 heteroatoms. The minimum absolute atomic E-state index is 0.147. The van der Waals surface area contributed by atoms with Gasteiger partial charge in [0, 0.05) is 20.0 Å². The second kappa shape index (κ2) is 5.84. The third kappa shape index (κ3) is 4.20. The van der Waals surface area contributed by atoms with E-state index in [9.17, 15) is 9.59 Å². The van der Waals surface area contributed by atoms with E-state index >= 15 is 0 Å². The van der Waals surface area contributed by atoms with Crippen LogP contribution in [-0.2, 0) is 19.1 Å². The van der Waals surface area contributed by atoms with Crippen LogP contribution in [0.5, 0.6) is 0 Å². The Bertz CT molecular complexity index is 434. The van der Waals surface area contributed by atoms with Crippen molar-refractivity contribution < 1.29 is 19.1 Å². The number of pyridine rings is 1. The van der Waals surface area contributed by atoms with Gasteiger partial charge in [-0.05, 0) is 6.07 Å². The fourth-order valence-corrected chi connectivity index (χ4v) is 1.42. The van der Waals surface area contributed by atoms with Crippen LogP contribution < -0.4 is 0 Å². The lowest BCUT2D eigenvalue weighted by atomic mass is 10.2. The van der Waals surface area contributed by atoms with Gasteiger partial charge in [0.25, 0.3) is 6.29 Å². The maximum absolute atomic E-state index is 10.9. The number of ether oxygens (including phenoxy) is 2. The molecule has 5 nitrogen and oxygen atoms in total. The number of aromatic nitrogens is 1. The van der Waals surface area contributed by atoms with E-state index in [0.29, 0.717) is 0 Å². The Kier molecular flexibility index (Phi) is 4.72. The highest BCUT2D eigenvalue weighted by atomic mass is 35.5. The minimum atomic E-state index is -1.22. The minimum Gasteiger partial charge on any atom is -0.421 e. The van der Waals surface area contributed by atoms with Crippen LogP contribution in [-0.4, -0.2) is 16.9 Å². The monoisotopic (exact) mass is 277 g/mol. The molecule has 1 aromatic rings. The van der Waals surface area contributed by atoms with Crippen molar-refractivity contribution in [3.8, 4) is 0 Å². The first kappa shape index (κ1) is 13.7. The first-order chi connectivity index (χ1) is 7.90. The van der Waals surface area contributed by atoms with Gasteiger partial charge in [0.1, 0.15) is 5.15 Å². The fourth-order valence-electron chi connectivity index (χ4n) is 1.06. The quantitative estimate of drug-likeness (QED) is 0.483. The molecular formula is C10H9Cl2NO4. The topological polar surface area (TPSA) is 65.5 Å². The van der Waals surface area contributed by atoms with E-state index < -0.39 is 18.2 Å². The van der Waals surface area contributed by atoms with Gasteiger partial charge in [0.05, 0.1) is 10.6 Å². The zero-order valence-corrected chi connectivity index (χ0v) is 10.6. The highest BCUT2D eigenvalue weighted by molar-refractivity contribution is 6.32. The van der Waals surface area contributed by atoms with Gasteiger partial charge in [0.2, 0.25) is 0 Å². The summed E-state index contributed by atoms with van der Waals surface area (Å²) in [6, 6.07) is 1.36.